The molecule has 0 amide bonds. The molecule has 2 atom stereocenters. The summed E-state index contributed by atoms with van der Waals surface area (Å²) < 4.78 is 29.1. The van der Waals surface area contributed by atoms with E-state index < -0.39 is 10.1 Å². The quantitative estimate of drug-likeness (QED) is 0.567. The van der Waals surface area contributed by atoms with Gasteiger partial charge in [0.1, 0.15) is 0 Å². The molecule has 1 aromatic rings. The van der Waals surface area contributed by atoms with Gasteiger partial charge in [0.2, 0.25) is 0 Å². The zero-order chi connectivity index (χ0) is 14.5. The molecule has 0 radical (unpaired) electrons. The van der Waals surface area contributed by atoms with Gasteiger partial charge in [0.15, 0.2) is 0 Å². The van der Waals surface area contributed by atoms with Gasteiger partial charge >= 0.3 is 0 Å². The molecule has 0 aliphatic heterocycles. The van der Waals surface area contributed by atoms with Gasteiger partial charge in [0.25, 0.3) is 10.1 Å². The van der Waals surface area contributed by atoms with Crippen LogP contribution in [0.25, 0.3) is 0 Å². The SMILES string of the molecule is C=CC[C@H](C)[C@@H](C)COS(=O)(=O)c1ccc(C)cc1. The van der Waals surface area contributed by atoms with E-state index in [1.54, 1.807) is 24.3 Å². The maximum absolute atomic E-state index is 12.0. The fraction of sp³-hybridized carbons (Fsp3) is 0.467. The van der Waals surface area contributed by atoms with E-state index in [0.29, 0.717) is 5.92 Å². The highest BCUT2D eigenvalue weighted by Gasteiger charge is 2.18. The predicted molar refractivity (Wildman–Crippen MR) is 77.5 cm³/mol. The van der Waals surface area contributed by atoms with Crippen molar-refractivity contribution in [2.45, 2.75) is 32.1 Å². The smallest absolute Gasteiger partial charge is 0.266 e. The summed E-state index contributed by atoms with van der Waals surface area (Å²) in [6.07, 6.45) is 2.70. The first-order valence-corrected chi connectivity index (χ1v) is 7.84. The van der Waals surface area contributed by atoms with Crippen molar-refractivity contribution in [3.63, 3.8) is 0 Å². The van der Waals surface area contributed by atoms with Gasteiger partial charge in [-0.1, -0.05) is 37.6 Å². The molecule has 0 bridgehead atoms. The third kappa shape index (κ3) is 4.80. The first-order valence-electron chi connectivity index (χ1n) is 6.44. The van der Waals surface area contributed by atoms with Crippen molar-refractivity contribution in [1.82, 2.24) is 0 Å². The molecule has 3 nitrogen and oxygen atoms in total. The van der Waals surface area contributed by atoms with Gasteiger partial charge in [-0.05, 0) is 37.3 Å². The topological polar surface area (TPSA) is 43.4 Å². The van der Waals surface area contributed by atoms with Gasteiger partial charge in [-0.2, -0.15) is 8.42 Å². The summed E-state index contributed by atoms with van der Waals surface area (Å²) in [6.45, 7) is 9.85. The van der Waals surface area contributed by atoms with Crippen LogP contribution < -0.4 is 0 Å². The Morgan fingerprint density at radius 3 is 2.32 bits per heavy atom. The highest BCUT2D eigenvalue weighted by Crippen LogP contribution is 2.19. The lowest BCUT2D eigenvalue weighted by atomic mass is 9.94. The molecule has 0 N–H and O–H groups in total. The average molecular weight is 282 g/mol. The zero-order valence-electron chi connectivity index (χ0n) is 11.8. The largest absolute Gasteiger partial charge is 0.296 e. The zero-order valence-corrected chi connectivity index (χ0v) is 12.6. The molecule has 1 rings (SSSR count). The van der Waals surface area contributed by atoms with E-state index in [-0.39, 0.29) is 17.4 Å². The minimum Gasteiger partial charge on any atom is -0.266 e. The Kier molecular flexibility index (Phi) is 5.76. The van der Waals surface area contributed by atoms with Gasteiger partial charge in [-0.25, -0.2) is 0 Å². The van der Waals surface area contributed by atoms with E-state index in [1.807, 2.05) is 19.9 Å². The summed E-state index contributed by atoms with van der Waals surface area (Å²) in [5.41, 5.74) is 1.02. The van der Waals surface area contributed by atoms with Crippen LogP contribution in [-0.2, 0) is 14.3 Å². The first-order chi connectivity index (χ1) is 8.86. The van der Waals surface area contributed by atoms with Crippen molar-refractivity contribution in [2.75, 3.05) is 6.61 Å². The van der Waals surface area contributed by atoms with Crippen LogP contribution in [0.2, 0.25) is 0 Å². The monoisotopic (exact) mass is 282 g/mol. The highest BCUT2D eigenvalue weighted by atomic mass is 32.2. The van der Waals surface area contributed by atoms with Crippen LogP contribution in [0.1, 0.15) is 25.8 Å². The summed E-state index contributed by atoms with van der Waals surface area (Å²) in [6, 6.07) is 6.67. The summed E-state index contributed by atoms with van der Waals surface area (Å²) in [4.78, 5) is 0.210. The van der Waals surface area contributed by atoms with Crippen molar-refractivity contribution in [3.8, 4) is 0 Å². The average Bonchev–Trinajstić information content (AvgIpc) is 2.37. The van der Waals surface area contributed by atoms with Gasteiger partial charge < -0.3 is 0 Å². The molecule has 106 valence electrons. The molecule has 4 heteroatoms. The molecule has 0 aromatic heterocycles. The van der Waals surface area contributed by atoms with Crippen molar-refractivity contribution in [3.05, 3.63) is 42.5 Å². The molecule has 0 saturated heterocycles. The number of benzene rings is 1. The molecule has 0 saturated carbocycles. The number of hydrogen-bond acceptors (Lipinski definition) is 3. The third-order valence-corrected chi connectivity index (χ3v) is 4.60. The van der Waals surface area contributed by atoms with Crippen molar-refractivity contribution < 1.29 is 12.6 Å². The van der Waals surface area contributed by atoms with Crippen LogP contribution in [0, 0.1) is 18.8 Å². The lowest BCUT2D eigenvalue weighted by Crippen LogP contribution is -2.17. The maximum atomic E-state index is 12.0. The standard InChI is InChI=1S/C15H22O3S/c1-5-6-13(3)14(4)11-18-19(16,17)15-9-7-12(2)8-10-15/h5,7-10,13-14H,1,6,11H2,2-4H3/t13-,14-/m0/s1. The van der Waals surface area contributed by atoms with E-state index in [2.05, 4.69) is 13.5 Å². The first kappa shape index (κ1) is 15.9. The second-order valence-corrected chi connectivity index (χ2v) is 6.65. The number of allylic oxidation sites excluding steroid dienone is 1. The van der Waals surface area contributed by atoms with Crippen LogP contribution in [0.3, 0.4) is 0 Å². The summed E-state index contributed by atoms with van der Waals surface area (Å²) in [5, 5.41) is 0. The van der Waals surface area contributed by atoms with Crippen LogP contribution in [-0.4, -0.2) is 15.0 Å². The summed E-state index contributed by atoms with van der Waals surface area (Å²) >= 11 is 0. The predicted octanol–water partition coefficient (Wildman–Crippen LogP) is 3.55. The Morgan fingerprint density at radius 2 is 1.79 bits per heavy atom. The number of hydrogen-bond donors (Lipinski definition) is 0. The van der Waals surface area contributed by atoms with Gasteiger partial charge in [0.05, 0.1) is 11.5 Å². The Balaban J connectivity index is 2.65. The Bertz CT molecular complexity index is 503. The minimum absolute atomic E-state index is 0.165. The molecule has 0 spiro atoms. The van der Waals surface area contributed by atoms with Crippen LogP contribution >= 0.6 is 0 Å². The van der Waals surface area contributed by atoms with E-state index in [1.165, 1.54) is 0 Å². The molecule has 0 fully saturated rings. The Hall–Kier alpha value is -1.13. The molecular weight excluding hydrogens is 260 g/mol. The van der Waals surface area contributed by atoms with Crippen LogP contribution in [0.5, 0.6) is 0 Å². The maximum Gasteiger partial charge on any atom is 0.296 e. The van der Waals surface area contributed by atoms with Gasteiger partial charge in [0, 0.05) is 0 Å². The highest BCUT2D eigenvalue weighted by molar-refractivity contribution is 7.86. The second-order valence-electron chi connectivity index (χ2n) is 5.03. The molecule has 0 aliphatic carbocycles. The van der Waals surface area contributed by atoms with Crippen molar-refractivity contribution in [2.24, 2.45) is 11.8 Å². The van der Waals surface area contributed by atoms with E-state index >= 15 is 0 Å². The van der Waals surface area contributed by atoms with Gasteiger partial charge in [-0.3, -0.25) is 4.18 Å². The van der Waals surface area contributed by atoms with Crippen molar-refractivity contribution in [1.29, 1.82) is 0 Å². The van der Waals surface area contributed by atoms with E-state index in [0.717, 1.165) is 12.0 Å². The molecule has 0 aliphatic rings. The minimum atomic E-state index is -3.65. The van der Waals surface area contributed by atoms with E-state index in [9.17, 15) is 8.42 Å². The molecular formula is C15H22O3S. The molecule has 19 heavy (non-hydrogen) atoms. The van der Waals surface area contributed by atoms with Gasteiger partial charge in [-0.15, -0.1) is 6.58 Å². The summed E-state index contributed by atoms with van der Waals surface area (Å²) in [7, 11) is -3.65. The lowest BCUT2D eigenvalue weighted by molar-refractivity contribution is 0.221. The Labute approximate surface area is 116 Å². The Morgan fingerprint density at radius 1 is 1.21 bits per heavy atom. The normalized spacial score (nSPS) is 14.9. The molecule has 1 aromatic carbocycles. The molecule has 0 heterocycles. The van der Waals surface area contributed by atoms with Crippen LogP contribution in [0.4, 0.5) is 0 Å². The fourth-order valence-electron chi connectivity index (χ4n) is 1.63. The number of rotatable bonds is 7. The van der Waals surface area contributed by atoms with E-state index in [4.69, 9.17) is 4.18 Å². The van der Waals surface area contributed by atoms with Crippen LogP contribution in [0.15, 0.2) is 41.8 Å². The summed E-state index contributed by atoms with van der Waals surface area (Å²) in [5.74, 6) is 0.518. The molecule has 0 unspecified atom stereocenters. The lowest BCUT2D eigenvalue weighted by Gasteiger charge is -2.18. The van der Waals surface area contributed by atoms with Crippen molar-refractivity contribution >= 4 is 10.1 Å². The fourth-order valence-corrected chi connectivity index (χ4v) is 2.63. The third-order valence-electron chi connectivity index (χ3n) is 3.31. The second kappa shape index (κ2) is 6.87. The number of aryl methyl sites for hydroxylation is 1.